The van der Waals surface area contributed by atoms with E-state index in [0.29, 0.717) is 19.7 Å². The Morgan fingerprint density at radius 1 is 1.53 bits per heavy atom. The molecule has 1 unspecified atom stereocenters. The van der Waals surface area contributed by atoms with Crippen LogP contribution in [0.2, 0.25) is 0 Å². The summed E-state index contributed by atoms with van der Waals surface area (Å²) in [6.07, 6.45) is 1.51. The van der Waals surface area contributed by atoms with E-state index in [9.17, 15) is 4.79 Å². The molecule has 1 aliphatic carbocycles. The summed E-state index contributed by atoms with van der Waals surface area (Å²) in [5.74, 6) is 0.411. The first-order valence-electron chi connectivity index (χ1n) is 5.10. The van der Waals surface area contributed by atoms with Crippen LogP contribution in [0.15, 0.2) is 5.16 Å². The monoisotopic (exact) mass is 213 g/mol. The van der Waals surface area contributed by atoms with Crippen LogP contribution < -0.4 is 5.73 Å². The van der Waals surface area contributed by atoms with E-state index in [-0.39, 0.29) is 17.7 Å². The van der Waals surface area contributed by atoms with Crippen molar-refractivity contribution in [1.29, 1.82) is 0 Å². The predicted molar refractivity (Wildman–Crippen MR) is 52.5 cm³/mol. The first kappa shape index (κ1) is 10.2. The van der Waals surface area contributed by atoms with Gasteiger partial charge >= 0.3 is 0 Å². The number of morpholine rings is 1. The van der Waals surface area contributed by atoms with E-state index >= 15 is 0 Å². The van der Waals surface area contributed by atoms with E-state index in [0.717, 1.165) is 12.8 Å². The fourth-order valence-corrected chi connectivity index (χ4v) is 1.68. The largest absolute Gasteiger partial charge is 0.409 e. The molecule has 1 heterocycles. The molecule has 0 aromatic heterocycles. The van der Waals surface area contributed by atoms with Gasteiger partial charge in [0.25, 0.3) is 0 Å². The molecule has 1 aliphatic heterocycles. The lowest BCUT2D eigenvalue weighted by Crippen LogP contribution is -2.50. The summed E-state index contributed by atoms with van der Waals surface area (Å²) in [4.78, 5) is 13.5. The van der Waals surface area contributed by atoms with Gasteiger partial charge in [0.1, 0.15) is 6.10 Å². The Kier molecular flexibility index (Phi) is 2.77. The molecular formula is C9H15N3O3. The van der Waals surface area contributed by atoms with Gasteiger partial charge in [0, 0.05) is 12.5 Å². The minimum atomic E-state index is -0.466. The number of nitrogens with two attached hydrogens (primary N) is 1. The minimum absolute atomic E-state index is 0.0308. The molecule has 1 atom stereocenters. The first-order valence-corrected chi connectivity index (χ1v) is 5.10. The van der Waals surface area contributed by atoms with Crippen molar-refractivity contribution in [3.05, 3.63) is 0 Å². The SMILES string of the molecule is NC(=NO)C1CN(C(=O)C2CC2)CCO1. The van der Waals surface area contributed by atoms with Crippen molar-refractivity contribution in [3.8, 4) is 0 Å². The summed E-state index contributed by atoms with van der Waals surface area (Å²) in [6, 6.07) is 0. The molecular weight excluding hydrogens is 198 g/mol. The highest BCUT2D eigenvalue weighted by atomic mass is 16.5. The second-order valence-corrected chi connectivity index (χ2v) is 3.94. The Morgan fingerprint density at radius 2 is 2.27 bits per heavy atom. The molecule has 1 saturated heterocycles. The molecule has 3 N–H and O–H groups in total. The van der Waals surface area contributed by atoms with Crippen molar-refractivity contribution in [2.24, 2.45) is 16.8 Å². The van der Waals surface area contributed by atoms with Crippen molar-refractivity contribution >= 4 is 11.7 Å². The fourth-order valence-electron chi connectivity index (χ4n) is 1.68. The number of amidine groups is 1. The molecule has 2 fully saturated rings. The van der Waals surface area contributed by atoms with Crippen molar-refractivity contribution in [2.45, 2.75) is 18.9 Å². The molecule has 0 radical (unpaired) electrons. The Hall–Kier alpha value is -1.30. The summed E-state index contributed by atoms with van der Waals surface area (Å²) in [5, 5.41) is 11.4. The summed E-state index contributed by atoms with van der Waals surface area (Å²) < 4.78 is 5.30. The highest BCUT2D eigenvalue weighted by molar-refractivity contribution is 5.86. The van der Waals surface area contributed by atoms with Crippen LogP contribution in [0.3, 0.4) is 0 Å². The van der Waals surface area contributed by atoms with E-state index < -0.39 is 6.10 Å². The van der Waals surface area contributed by atoms with Gasteiger partial charge < -0.3 is 20.6 Å². The van der Waals surface area contributed by atoms with Crippen molar-refractivity contribution < 1.29 is 14.7 Å². The maximum atomic E-state index is 11.7. The van der Waals surface area contributed by atoms with Crippen LogP contribution >= 0.6 is 0 Å². The number of ether oxygens (including phenoxy) is 1. The van der Waals surface area contributed by atoms with E-state index in [1.807, 2.05) is 0 Å². The van der Waals surface area contributed by atoms with Crippen LogP contribution in [0.25, 0.3) is 0 Å². The lowest BCUT2D eigenvalue weighted by atomic mass is 10.2. The van der Waals surface area contributed by atoms with E-state index in [1.165, 1.54) is 0 Å². The van der Waals surface area contributed by atoms with Crippen LogP contribution in [0.1, 0.15) is 12.8 Å². The number of amides is 1. The van der Waals surface area contributed by atoms with Gasteiger partial charge in [-0.25, -0.2) is 0 Å². The van der Waals surface area contributed by atoms with Crippen molar-refractivity contribution in [1.82, 2.24) is 4.90 Å². The molecule has 6 heteroatoms. The summed E-state index contributed by atoms with van der Waals surface area (Å²) in [5.41, 5.74) is 5.44. The molecule has 1 amide bonds. The molecule has 0 aromatic carbocycles. The lowest BCUT2D eigenvalue weighted by Gasteiger charge is -2.32. The number of rotatable bonds is 2. The number of nitrogens with zero attached hydrogens (tertiary/aromatic N) is 2. The molecule has 0 bridgehead atoms. The average molecular weight is 213 g/mol. The van der Waals surface area contributed by atoms with Crippen molar-refractivity contribution in [3.63, 3.8) is 0 Å². The normalized spacial score (nSPS) is 27.9. The second kappa shape index (κ2) is 4.06. The van der Waals surface area contributed by atoms with Crippen LogP contribution in [0.5, 0.6) is 0 Å². The lowest BCUT2D eigenvalue weighted by molar-refractivity contribution is -0.138. The topological polar surface area (TPSA) is 88.2 Å². The van der Waals surface area contributed by atoms with Crippen LogP contribution in [0, 0.1) is 5.92 Å². The zero-order chi connectivity index (χ0) is 10.8. The maximum Gasteiger partial charge on any atom is 0.225 e. The predicted octanol–water partition coefficient (Wildman–Crippen LogP) is -0.630. The number of hydrogen-bond acceptors (Lipinski definition) is 4. The summed E-state index contributed by atoms with van der Waals surface area (Å²) >= 11 is 0. The van der Waals surface area contributed by atoms with Crippen LogP contribution in [0.4, 0.5) is 0 Å². The number of carbonyl (C=O) groups is 1. The van der Waals surface area contributed by atoms with Gasteiger partial charge in [0.15, 0.2) is 5.84 Å². The van der Waals surface area contributed by atoms with Gasteiger partial charge in [-0.05, 0) is 12.8 Å². The minimum Gasteiger partial charge on any atom is -0.409 e. The fraction of sp³-hybridized carbons (Fsp3) is 0.778. The van der Waals surface area contributed by atoms with E-state index in [1.54, 1.807) is 4.90 Å². The molecule has 1 saturated carbocycles. The van der Waals surface area contributed by atoms with Gasteiger partial charge in [-0.1, -0.05) is 5.16 Å². The van der Waals surface area contributed by atoms with Gasteiger partial charge in [0.05, 0.1) is 13.2 Å². The van der Waals surface area contributed by atoms with Gasteiger partial charge in [-0.3, -0.25) is 4.79 Å². The van der Waals surface area contributed by atoms with Crippen LogP contribution in [-0.4, -0.2) is 47.7 Å². The Morgan fingerprint density at radius 3 is 2.87 bits per heavy atom. The summed E-state index contributed by atoms with van der Waals surface area (Å²) in [6.45, 7) is 1.44. The van der Waals surface area contributed by atoms with Gasteiger partial charge in [-0.2, -0.15) is 0 Å². The first-order chi connectivity index (χ1) is 7.22. The standard InChI is InChI=1S/C9H15N3O3/c10-8(11-14)7-5-12(3-4-15-7)9(13)6-1-2-6/h6-7,14H,1-5H2,(H2,10,11). The van der Waals surface area contributed by atoms with Crippen molar-refractivity contribution in [2.75, 3.05) is 19.7 Å². The number of hydrogen-bond donors (Lipinski definition) is 2. The van der Waals surface area contributed by atoms with Gasteiger partial charge in [0.2, 0.25) is 5.91 Å². The smallest absolute Gasteiger partial charge is 0.225 e. The molecule has 2 aliphatic rings. The third-order valence-corrected chi connectivity index (χ3v) is 2.75. The van der Waals surface area contributed by atoms with E-state index in [2.05, 4.69) is 5.16 Å². The molecule has 6 nitrogen and oxygen atoms in total. The van der Waals surface area contributed by atoms with Crippen LogP contribution in [-0.2, 0) is 9.53 Å². The van der Waals surface area contributed by atoms with E-state index in [4.69, 9.17) is 15.7 Å². The maximum absolute atomic E-state index is 11.7. The average Bonchev–Trinajstić information content (AvgIpc) is 3.11. The zero-order valence-corrected chi connectivity index (χ0v) is 8.43. The third-order valence-electron chi connectivity index (χ3n) is 2.75. The quantitative estimate of drug-likeness (QED) is 0.277. The molecule has 0 aromatic rings. The number of oxime groups is 1. The highest BCUT2D eigenvalue weighted by Crippen LogP contribution is 2.31. The summed E-state index contributed by atoms with van der Waals surface area (Å²) in [7, 11) is 0. The Labute approximate surface area is 87.7 Å². The number of carbonyl (C=O) groups excluding carboxylic acids is 1. The Balaban J connectivity index is 1.94. The highest BCUT2D eigenvalue weighted by Gasteiger charge is 2.36. The Bertz CT molecular complexity index is 288. The molecule has 15 heavy (non-hydrogen) atoms. The van der Waals surface area contributed by atoms with Gasteiger partial charge in [-0.15, -0.1) is 0 Å². The second-order valence-electron chi connectivity index (χ2n) is 3.94. The molecule has 0 spiro atoms. The molecule has 2 rings (SSSR count). The zero-order valence-electron chi connectivity index (χ0n) is 8.43. The molecule has 84 valence electrons. The third kappa shape index (κ3) is 2.20.